The second-order valence-electron chi connectivity index (χ2n) is 4.23. The lowest BCUT2D eigenvalue weighted by molar-refractivity contribution is -0.119. The topological polar surface area (TPSA) is 64.6 Å². The Morgan fingerprint density at radius 1 is 1.47 bits per heavy atom. The van der Waals surface area contributed by atoms with Gasteiger partial charge in [-0.25, -0.2) is 4.79 Å². The molecule has 0 radical (unpaired) electrons. The number of ether oxygens (including phenoxy) is 2. The smallest absolute Gasteiger partial charge is 0.340 e. The molecule has 102 valence electrons. The van der Waals surface area contributed by atoms with Gasteiger partial charge in [-0.05, 0) is 24.6 Å². The van der Waals surface area contributed by atoms with Crippen LogP contribution in [-0.2, 0) is 14.3 Å². The van der Waals surface area contributed by atoms with Gasteiger partial charge in [0.15, 0.2) is 0 Å². The van der Waals surface area contributed by atoms with Crippen LogP contribution in [0.5, 0.6) is 0 Å². The Kier molecular flexibility index (Phi) is 4.39. The van der Waals surface area contributed by atoms with Gasteiger partial charge in [-0.15, -0.1) is 0 Å². The molecule has 1 aromatic carbocycles. The van der Waals surface area contributed by atoms with Crippen LogP contribution in [-0.4, -0.2) is 32.2 Å². The summed E-state index contributed by atoms with van der Waals surface area (Å²) in [5.74, 6) is -0.883. The van der Waals surface area contributed by atoms with Gasteiger partial charge in [0.1, 0.15) is 0 Å². The van der Waals surface area contributed by atoms with Crippen LogP contribution in [0.1, 0.15) is 16.8 Å². The molecule has 1 aromatic rings. The number of rotatable bonds is 3. The van der Waals surface area contributed by atoms with E-state index in [1.165, 1.54) is 13.2 Å². The van der Waals surface area contributed by atoms with Crippen molar-refractivity contribution in [2.75, 3.05) is 25.6 Å². The first-order chi connectivity index (χ1) is 9.11. The maximum absolute atomic E-state index is 12.0. The Balaban J connectivity index is 2.19. The lowest BCUT2D eigenvalue weighted by Crippen LogP contribution is -2.24. The lowest BCUT2D eigenvalue weighted by atomic mass is 10.1. The van der Waals surface area contributed by atoms with E-state index in [1.807, 2.05) is 0 Å². The summed E-state index contributed by atoms with van der Waals surface area (Å²) in [6, 6.07) is 4.66. The fourth-order valence-corrected chi connectivity index (χ4v) is 2.05. The molecule has 0 aromatic heterocycles. The quantitative estimate of drug-likeness (QED) is 0.863. The molecule has 0 saturated carbocycles. The Labute approximate surface area is 115 Å². The predicted molar refractivity (Wildman–Crippen MR) is 70.3 cm³/mol. The zero-order chi connectivity index (χ0) is 13.8. The summed E-state index contributed by atoms with van der Waals surface area (Å²) >= 11 is 5.84. The van der Waals surface area contributed by atoms with Crippen LogP contribution in [0.4, 0.5) is 5.69 Å². The van der Waals surface area contributed by atoms with Crippen LogP contribution in [0.3, 0.4) is 0 Å². The number of halogens is 1. The van der Waals surface area contributed by atoms with Gasteiger partial charge in [0.05, 0.1) is 30.9 Å². The Morgan fingerprint density at radius 3 is 2.89 bits per heavy atom. The van der Waals surface area contributed by atoms with Gasteiger partial charge in [-0.2, -0.15) is 0 Å². The summed E-state index contributed by atoms with van der Waals surface area (Å²) in [5, 5.41) is 3.12. The molecular formula is C13H14ClNO4. The van der Waals surface area contributed by atoms with Crippen LogP contribution >= 0.6 is 11.6 Å². The van der Waals surface area contributed by atoms with Crippen molar-refractivity contribution in [2.45, 2.75) is 6.42 Å². The minimum Gasteiger partial charge on any atom is -0.465 e. The molecule has 6 heteroatoms. The highest BCUT2D eigenvalue weighted by molar-refractivity contribution is 6.31. The van der Waals surface area contributed by atoms with Crippen LogP contribution in [0.25, 0.3) is 0 Å². The summed E-state index contributed by atoms with van der Waals surface area (Å²) in [5.41, 5.74) is 0.635. The Hall–Kier alpha value is -1.59. The summed E-state index contributed by atoms with van der Waals surface area (Å²) in [4.78, 5) is 23.6. The van der Waals surface area contributed by atoms with Crippen molar-refractivity contribution in [1.29, 1.82) is 0 Å². The van der Waals surface area contributed by atoms with Gasteiger partial charge in [0.25, 0.3) is 0 Å². The molecule has 19 heavy (non-hydrogen) atoms. The Bertz CT molecular complexity index is 497. The van der Waals surface area contributed by atoms with E-state index in [4.69, 9.17) is 16.3 Å². The fraction of sp³-hybridized carbons (Fsp3) is 0.385. The van der Waals surface area contributed by atoms with Gasteiger partial charge < -0.3 is 14.8 Å². The molecule has 0 spiro atoms. The molecule has 1 atom stereocenters. The van der Waals surface area contributed by atoms with Crippen LogP contribution in [0.15, 0.2) is 18.2 Å². The van der Waals surface area contributed by atoms with Crippen molar-refractivity contribution in [2.24, 2.45) is 5.92 Å². The first kappa shape index (κ1) is 13.8. The second kappa shape index (κ2) is 6.04. The van der Waals surface area contributed by atoms with Crippen molar-refractivity contribution in [3.63, 3.8) is 0 Å². The average molecular weight is 284 g/mol. The number of methoxy groups -OCH3 is 1. The first-order valence-corrected chi connectivity index (χ1v) is 6.26. The van der Waals surface area contributed by atoms with Gasteiger partial charge in [-0.3, -0.25) is 4.79 Å². The van der Waals surface area contributed by atoms with E-state index in [0.717, 1.165) is 0 Å². The number of hydrogen-bond acceptors (Lipinski definition) is 4. The average Bonchev–Trinajstić information content (AvgIpc) is 2.94. The fourth-order valence-electron chi connectivity index (χ4n) is 1.88. The normalized spacial score (nSPS) is 18.1. The highest BCUT2D eigenvalue weighted by Crippen LogP contribution is 2.23. The zero-order valence-corrected chi connectivity index (χ0v) is 11.2. The number of esters is 1. The minimum atomic E-state index is -0.541. The maximum atomic E-state index is 12.0. The van der Waals surface area contributed by atoms with E-state index in [1.54, 1.807) is 12.1 Å². The molecule has 1 N–H and O–H groups in total. The second-order valence-corrected chi connectivity index (χ2v) is 4.67. The number of anilines is 1. The largest absolute Gasteiger partial charge is 0.465 e. The standard InChI is InChI=1S/C13H14ClNO4/c1-18-13(17)10-6-9(14)2-3-11(10)15-12(16)8-4-5-19-7-8/h2-3,6,8H,4-5,7H2,1H3,(H,15,16). The van der Waals surface area contributed by atoms with Crippen molar-refractivity contribution >= 4 is 29.2 Å². The van der Waals surface area contributed by atoms with Crippen LogP contribution in [0.2, 0.25) is 5.02 Å². The molecule has 1 saturated heterocycles. The number of hydrogen-bond donors (Lipinski definition) is 1. The number of amides is 1. The molecule has 1 aliphatic rings. The van der Waals surface area contributed by atoms with E-state index in [2.05, 4.69) is 10.1 Å². The highest BCUT2D eigenvalue weighted by atomic mass is 35.5. The van der Waals surface area contributed by atoms with Crippen molar-refractivity contribution in [3.8, 4) is 0 Å². The number of carbonyl (C=O) groups is 2. The van der Waals surface area contributed by atoms with Crippen LogP contribution in [0, 0.1) is 5.92 Å². The predicted octanol–water partition coefficient (Wildman–Crippen LogP) is 2.10. The third-order valence-corrected chi connectivity index (χ3v) is 3.18. The van der Waals surface area contributed by atoms with Gasteiger partial charge in [0, 0.05) is 11.6 Å². The molecule has 1 amide bonds. The number of carbonyl (C=O) groups excluding carboxylic acids is 2. The summed E-state index contributed by atoms with van der Waals surface area (Å²) in [7, 11) is 1.28. The van der Waals surface area contributed by atoms with Crippen molar-refractivity contribution < 1.29 is 19.1 Å². The van der Waals surface area contributed by atoms with Crippen molar-refractivity contribution in [3.05, 3.63) is 28.8 Å². The van der Waals surface area contributed by atoms with Crippen LogP contribution < -0.4 is 5.32 Å². The van der Waals surface area contributed by atoms with E-state index in [0.29, 0.717) is 30.3 Å². The van der Waals surface area contributed by atoms with Crippen molar-refractivity contribution in [1.82, 2.24) is 0 Å². The molecule has 1 heterocycles. The number of benzene rings is 1. The Morgan fingerprint density at radius 2 is 2.26 bits per heavy atom. The zero-order valence-electron chi connectivity index (χ0n) is 10.4. The van der Waals surface area contributed by atoms with E-state index in [9.17, 15) is 9.59 Å². The van der Waals surface area contributed by atoms with Gasteiger partial charge in [0.2, 0.25) is 5.91 Å². The summed E-state index contributed by atoms with van der Waals surface area (Å²) in [6.07, 6.45) is 0.687. The molecular weight excluding hydrogens is 270 g/mol. The molecule has 1 unspecified atom stereocenters. The molecule has 0 bridgehead atoms. The molecule has 2 rings (SSSR count). The summed E-state index contributed by atoms with van der Waals surface area (Å²) in [6.45, 7) is 0.996. The molecule has 1 fully saturated rings. The third-order valence-electron chi connectivity index (χ3n) is 2.95. The monoisotopic (exact) mass is 283 g/mol. The molecule has 0 aliphatic carbocycles. The SMILES string of the molecule is COC(=O)c1cc(Cl)ccc1NC(=O)C1CCOC1. The first-order valence-electron chi connectivity index (χ1n) is 5.88. The highest BCUT2D eigenvalue weighted by Gasteiger charge is 2.25. The molecule has 5 nitrogen and oxygen atoms in total. The van der Waals surface area contributed by atoms with E-state index < -0.39 is 5.97 Å². The molecule has 1 aliphatic heterocycles. The number of nitrogens with one attached hydrogen (secondary N) is 1. The van der Waals surface area contributed by atoms with Gasteiger partial charge in [-0.1, -0.05) is 11.6 Å². The summed E-state index contributed by atoms with van der Waals surface area (Å²) < 4.78 is 9.83. The van der Waals surface area contributed by atoms with E-state index >= 15 is 0 Å². The van der Waals surface area contributed by atoms with E-state index in [-0.39, 0.29) is 17.4 Å². The lowest BCUT2D eigenvalue weighted by Gasteiger charge is -2.12. The maximum Gasteiger partial charge on any atom is 0.340 e. The van der Waals surface area contributed by atoms with Gasteiger partial charge >= 0.3 is 5.97 Å². The third kappa shape index (κ3) is 3.24. The minimum absolute atomic E-state index is 0.162.